The van der Waals surface area contributed by atoms with Gasteiger partial charge in [-0.1, -0.05) is 25.1 Å². The van der Waals surface area contributed by atoms with Crippen LogP contribution >= 0.6 is 0 Å². The summed E-state index contributed by atoms with van der Waals surface area (Å²) in [6, 6.07) is 7.30. The summed E-state index contributed by atoms with van der Waals surface area (Å²) in [6.07, 6.45) is 2.27. The lowest BCUT2D eigenvalue weighted by molar-refractivity contribution is -0.135. The first-order chi connectivity index (χ1) is 11.0. The van der Waals surface area contributed by atoms with Crippen LogP contribution in [0, 0.1) is 5.92 Å². The molecule has 0 bridgehead atoms. The second-order valence-electron chi connectivity index (χ2n) is 5.98. The van der Waals surface area contributed by atoms with Gasteiger partial charge in [0.15, 0.2) is 0 Å². The van der Waals surface area contributed by atoms with Crippen molar-refractivity contribution in [2.75, 3.05) is 11.9 Å². The van der Waals surface area contributed by atoms with Crippen molar-refractivity contribution in [2.24, 2.45) is 5.92 Å². The van der Waals surface area contributed by atoms with Gasteiger partial charge in [0.25, 0.3) is 5.91 Å². The molecule has 3 rings (SSSR count). The van der Waals surface area contributed by atoms with Crippen LogP contribution in [0.25, 0.3) is 0 Å². The van der Waals surface area contributed by atoms with Crippen LogP contribution < -0.4 is 5.32 Å². The number of carbonyl (C=O) groups is 2. The maximum Gasteiger partial charge on any atom is 0.294 e. The van der Waals surface area contributed by atoms with E-state index in [0.29, 0.717) is 12.2 Å². The molecule has 0 radical (unpaired) electrons. The van der Waals surface area contributed by atoms with Crippen molar-refractivity contribution in [2.45, 2.75) is 26.8 Å². The standard InChI is InChI=1S/C17H19N3O3/c1-11(2)17(22)20-8-6-12-3-4-14(9-13(12)10-20)19-16(21)15-5-7-18-23-15/h3-5,7,9,11H,6,8,10H2,1-2H3,(H,19,21). The van der Waals surface area contributed by atoms with Gasteiger partial charge >= 0.3 is 0 Å². The second kappa shape index (κ2) is 6.24. The Balaban J connectivity index is 1.75. The molecule has 1 aromatic heterocycles. The molecular weight excluding hydrogens is 294 g/mol. The molecule has 2 amide bonds. The van der Waals surface area contributed by atoms with E-state index in [4.69, 9.17) is 4.52 Å². The molecule has 6 nitrogen and oxygen atoms in total. The Morgan fingerprint density at radius 2 is 2.09 bits per heavy atom. The van der Waals surface area contributed by atoms with Crippen molar-refractivity contribution in [3.8, 4) is 0 Å². The Bertz CT molecular complexity index is 723. The molecule has 1 N–H and O–H groups in total. The molecule has 0 aliphatic carbocycles. The lowest BCUT2D eigenvalue weighted by atomic mass is 9.98. The van der Waals surface area contributed by atoms with Crippen molar-refractivity contribution in [3.63, 3.8) is 0 Å². The summed E-state index contributed by atoms with van der Waals surface area (Å²) < 4.78 is 4.84. The first-order valence-electron chi connectivity index (χ1n) is 7.67. The lowest BCUT2D eigenvalue weighted by Gasteiger charge is -2.30. The minimum absolute atomic E-state index is 0.00844. The highest BCUT2D eigenvalue weighted by Gasteiger charge is 2.23. The second-order valence-corrected chi connectivity index (χ2v) is 5.98. The molecule has 0 unspecified atom stereocenters. The van der Waals surface area contributed by atoms with Gasteiger partial charge in [0.05, 0.1) is 6.20 Å². The highest BCUT2D eigenvalue weighted by molar-refractivity contribution is 6.02. The maximum absolute atomic E-state index is 12.2. The normalized spacial score (nSPS) is 13.8. The third-order valence-corrected chi connectivity index (χ3v) is 3.94. The van der Waals surface area contributed by atoms with Crippen molar-refractivity contribution >= 4 is 17.5 Å². The third-order valence-electron chi connectivity index (χ3n) is 3.94. The molecule has 2 heterocycles. The minimum atomic E-state index is -0.339. The average molecular weight is 313 g/mol. The van der Waals surface area contributed by atoms with E-state index in [0.717, 1.165) is 18.5 Å². The van der Waals surface area contributed by atoms with Crippen LogP contribution in [0.4, 0.5) is 5.69 Å². The van der Waals surface area contributed by atoms with E-state index in [1.54, 1.807) is 0 Å². The summed E-state index contributed by atoms with van der Waals surface area (Å²) in [4.78, 5) is 26.0. The highest BCUT2D eigenvalue weighted by atomic mass is 16.5. The van der Waals surface area contributed by atoms with Gasteiger partial charge in [-0.25, -0.2) is 0 Å². The SMILES string of the molecule is CC(C)C(=O)N1CCc2ccc(NC(=O)c3ccno3)cc2C1. The fourth-order valence-corrected chi connectivity index (χ4v) is 2.71. The number of aromatic nitrogens is 1. The minimum Gasteiger partial charge on any atom is -0.351 e. The van der Waals surface area contributed by atoms with E-state index in [-0.39, 0.29) is 23.5 Å². The molecule has 2 aromatic rings. The summed E-state index contributed by atoms with van der Waals surface area (Å²) in [5.74, 6) is -0.0228. The van der Waals surface area contributed by atoms with Crippen LogP contribution in [0.1, 0.15) is 35.5 Å². The molecule has 6 heteroatoms. The molecule has 0 spiro atoms. The lowest BCUT2D eigenvalue weighted by Crippen LogP contribution is -2.38. The van der Waals surface area contributed by atoms with E-state index in [9.17, 15) is 9.59 Å². The van der Waals surface area contributed by atoms with E-state index in [1.807, 2.05) is 36.9 Å². The molecule has 1 aliphatic rings. The van der Waals surface area contributed by atoms with Crippen molar-refractivity contribution < 1.29 is 14.1 Å². The summed E-state index contributed by atoms with van der Waals surface area (Å²) in [5.41, 5.74) is 2.97. The molecule has 120 valence electrons. The van der Waals surface area contributed by atoms with Gasteiger partial charge in [-0.15, -0.1) is 0 Å². The summed E-state index contributed by atoms with van der Waals surface area (Å²) in [7, 11) is 0. The van der Waals surface area contributed by atoms with Gasteiger partial charge in [-0.3, -0.25) is 9.59 Å². The van der Waals surface area contributed by atoms with Crippen molar-refractivity contribution in [1.82, 2.24) is 10.1 Å². The largest absolute Gasteiger partial charge is 0.351 e. The van der Waals surface area contributed by atoms with Gasteiger partial charge in [0, 0.05) is 30.8 Å². The summed E-state index contributed by atoms with van der Waals surface area (Å²) >= 11 is 0. The van der Waals surface area contributed by atoms with Gasteiger partial charge in [-0.05, 0) is 29.7 Å². The van der Waals surface area contributed by atoms with Gasteiger partial charge in [0.2, 0.25) is 11.7 Å². The number of hydrogen-bond acceptors (Lipinski definition) is 4. The maximum atomic E-state index is 12.2. The van der Waals surface area contributed by atoms with Crippen LogP contribution in [0.15, 0.2) is 35.0 Å². The summed E-state index contributed by atoms with van der Waals surface area (Å²) in [6.45, 7) is 5.14. The van der Waals surface area contributed by atoms with Gasteiger partial charge < -0.3 is 14.7 Å². The smallest absolute Gasteiger partial charge is 0.294 e. The van der Waals surface area contributed by atoms with E-state index in [1.165, 1.54) is 17.8 Å². The summed E-state index contributed by atoms with van der Waals surface area (Å²) in [5, 5.41) is 6.31. The Morgan fingerprint density at radius 1 is 1.26 bits per heavy atom. The number of nitrogens with one attached hydrogen (secondary N) is 1. The zero-order valence-corrected chi connectivity index (χ0v) is 13.2. The molecule has 23 heavy (non-hydrogen) atoms. The van der Waals surface area contributed by atoms with Crippen LogP contribution in [-0.2, 0) is 17.8 Å². The van der Waals surface area contributed by atoms with Crippen molar-refractivity contribution in [3.05, 3.63) is 47.3 Å². The zero-order valence-electron chi connectivity index (χ0n) is 13.2. The Labute approximate surface area is 134 Å². The number of nitrogens with zero attached hydrogens (tertiary/aromatic N) is 2. The number of rotatable bonds is 3. The van der Waals surface area contributed by atoms with Crippen LogP contribution in [0.2, 0.25) is 0 Å². The Kier molecular flexibility index (Phi) is 4.14. The zero-order chi connectivity index (χ0) is 16.4. The molecular formula is C17H19N3O3. The van der Waals surface area contributed by atoms with Crippen LogP contribution in [0.3, 0.4) is 0 Å². The molecule has 0 saturated heterocycles. The quantitative estimate of drug-likeness (QED) is 0.944. The third kappa shape index (κ3) is 3.26. The molecule has 0 saturated carbocycles. The van der Waals surface area contributed by atoms with Gasteiger partial charge in [-0.2, -0.15) is 0 Å². The number of hydrogen-bond donors (Lipinski definition) is 1. The number of amides is 2. The molecule has 1 aromatic carbocycles. The fraction of sp³-hybridized carbons (Fsp3) is 0.353. The molecule has 1 aliphatic heterocycles. The van der Waals surface area contributed by atoms with E-state index >= 15 is 0 Å². The fourth-order valence-electron chi connectivity index (χ4n) is 2.71. The number of anilines is 1. The van der Waals surface area contributed by atoms with Gasteiger partial charge in [0.1, 0.15) is 0 Å². The number of benzene rings is 1. The van der Waals surface area contributed by atoms with E-state index in [2.05, 4.69) is 10.5 Å². The molecule has 0 atom stereocenters. The average Bonchev–Trinajstić information content (AvgIpc) is 3.08. The first kappa shape index (κ1) is 15.3. The predicted molar refractivity (Wildman–Crippen MR) is 84.9 cm³/mol. The monoisotopic (exact) mass is 313 g/mol. The highest BCUT2D eigenvalue weighted by Crippen LogP contribution is 2.24. The number of fused-ring (bicyclic) bond motifs is 1. The van der Waals surface area contributed by atoms with E-state index < -0.39 is 0 Å². The Hall–Kier alpha value is -2.63. The first-order valence-corrected chi connectivity index (χ1v) is 7.67. The Morgan fingerprint density at radius 3 is 2.78 bits per heavy atom. The van der Waals surface area contributed by atoms with Crippen LogP contribution in [-0.4, -0.2) is 28.4 Å². The topological polar surface area (TPSA) is 75.4 Å². The predicted octanol–water partition coefficient (Wildman–Crippen LogP) is 2.47. The van der Waals surface area contributed by atoms with Crippen molar-refractivity contribution in [1.29, 1.82) is 0 Å². The molecule has 0 fully saturated rings. The van der Waals surface area contributed by atoms with Crippen LogP contribution in [0.5, 0.6) is 0 Å². The number of carbonyl (C=O) groups excluding carboxylic acids is 2.